The van der Waals surface area contributed by atoms with Crippen LogP contribution in [0.25, 0.3) is 0 Å². The first-order valence-corrected chi connectivity index (χ1v) is 16.0. The van der Waals surface area contributed by atoms with Gasteiger partial charge in [-0.3, -0.25) is 0 Å². The van der Waals surface area contributed by atoms with Crippen molar-refractivity contribution in [2.75, 3.05) is 20.3 Å². The normalized spacial score (nSPS) is 22.5. The quantitative estimate of drug-likeness (QED) is 0.140. The van der Waals surface area contributed by atoms with Crippen LogP contribution in [0.3, 0.4) is 0 Å². The third-order valence-corrected chi connectivity index (χ3v) is 8.79. The molecule has 0 radical (unpaired) electrons. The summed E-state index contributed by atoms with van der Waals surface area (Å²) in [7, 11) is 1.12. The van der Waals surface area contributed by atoms with Crippen molar-refractivity contribution in [3.8, 4) is 0 Å². The second-order valence-corrected chi connectivity index (χ2v) is 14.8. The summed E-state index contributed by atoms with van der Waals surface area (Å²) in [5, 5.41) is 2.46. The van der Waals surface area contributed by atoms with Crippen LogP contribution < -0.4 is 9.78 Å². The summed E-state index contributed by atoms with van der Waals surface area (Å²) in [5.41, 5.74) is 0. The summed E-state index contributed by atoms with van der Waals surface area (Å²) in [6.45, 7) is 2.95. The number of methoxy groups -OCH3 is 1. The summed E-state index contributed by atoms with van der Waals surface area (Å²) in [6.07, 6.45) is -7.76. The fourth-order valence-corrected chi connectivity index (χ4v) is 7.05. The fraction of sp³-hybridized carbons (Fsp3) is 0.556. The molecule has 1 fully saturated rings. The van der Waals surface area contributed by atoms with Gasteiger partial charge in [0.05, 0.1) is 0 Å². The number of amides is 1. The first kappa shape index (κ1) is 38.4. The fourth-order valence-electron chi connectivity index (χ4n) is 4.27. The van der Waals surface area contributed by atoms with E-state index < -0.39 is 103 Å². The van der Waals surface area contributed by atoms with E-state index in [2.05, 4.69) is 5.32 Å². The number of alkyl carbamates (subject to hydrolysis) is 1. The van der Waals surface area contributed by atoms with Crippen molar-refractivity contribution in [1.82, 2.24) is 5.32 Å². The molecule has 0 spiro atoms. The summed E-state index contributed by atoms with van der Waals surface area (Å²) < 4.78 is 34.9. The molecule has 1 aromatic carbocycles. The van der Waals surface area contributed by atoms with E-state index in [1.165, 1.54) is 0 Å². The molecule has 1 aliphatic rings. The molecule has 1 aliphatic heterocycles. The van der Waals surface area contributed by atoms with E-state index in [1.54, 1.807) is 30.3 Å². The Balaban J connectivity index is 2.78. The van der Waals surface area contributed by atoms with Crippen LogP contribution in [0.4, 0.5) is 4.79 Å². The van der Waals surface area contributed by atoms with Gasteiger partial charge in [0.15, 0.2) is 0 Å². The number of ether oxygens (including phenoxy) is 7. The maximum atomic E-state index is 13.5. The number of rotatable bonds is 12. The third kappa shape index (κ3) is 12.5. The number of carbonyl (C=O) groups is 6. The Labute approximate surface area is 280 Å². The molecule has 250 valence electrons. The molecule has 0 saturated carbocycles. The second-order valence-electron chi connectivity index (χ2n) is 9.48. The van der Waals surface area contributed by atoms with Crippen molar-refractivity contribution in [3.63, 3.8) is 0 Å². The van der Waals surface area contributed by atoms with Crippen LogP contribution in [0.1, 0.15) is 34.1 Å². The Kier molecular flexibility index (Phi) is 14.7. The molecule has 1 N–H and O–H groups in total. The minimum atomic E-state index is -1.99. The van der Waals surface area contributed by atoms with Crippen LogP contribution in [0.2, 0.25) is 0 Å². The van der Waals surface area contributed by atoms with Crippen molar-refractivity contribution in [2.24, 2.45) is 0 Å². The van der Waals surface area contributed by atoms with Gasteiger partial charge in [0.2, 0.25) is 0 Å². The molecule has 0 unspecified atom stereocenters. The van der Waals surface area contributed by atoms with E-state index in [-0.39, 0.29) is 6.42 Å². The van der Waals surface area contributed by atoms with Gasteiger partial charge in [-0.15, -0.1) is 0 Å². The molecular formula is C27H32Cl3NO13Se. The first-order chi connectivity index (χ1) is 21.0. The number of benzene rings is 1. The van der Waals surface area contributed by atoms with Crippen LogP contribution in [0, 0.1) is 0 Å². The average Bonchev–Trinajstić information content (AvgIpc) is 2.93. The number of alkyl halides is 3. The molecule has 6 atom stereocenters. The molecule has 2 rings (SSSR count). The van der Waals surface area contributed by atoms with Crippen LogP contribution >= 0.6 is 34.8 Å². The van der Waals surface area contributed by atoms with E-state index in [4.69, 9.17) is 68.0 Å². The predicted molar refractivity (Wildman–Crippen MR) is 158 cm³/mol. The van der Waals surface area contributed by atoms with Gasteiger partial charge in [-0.05, 0) is 0 Å². The molecule has 1 heterocycles. The van der Waals surface area contributed by atoms with Gasteiger partial charge in [-0.25, -0.2) is 0 Å². The number of hydrogen-bond acceptors (Lipinski definition) is 13. The number of esters is 5. The van der Waals surface area contributed by atoms with Crippen LogP contribution in [0.15, 0.2) is 30.3 Å². The topological polar surface area (TPSA) is 179 Å². The first-order valence-electron chi connectivity index (χ1n) is 13.1. The molecule has 14 nitrogen and oxygen atoms in total. The Hall–Kier alpha value is -2.81. The van der Waals surface area contributed by atoms with Crippen LogP contribution in [0.5, 0.6) is 0 Å². The van der Waals surface area contributed by atoms with Crippen molar-refractivity contribution < 1.29 is 61.9 Å². The van der Waals surface area contributed by atoms with E-state index in [1.807, 2.05) is 0 Å². The summed E-state index contributed by atoms with van der Waals surface area (Å²) in [5.74, 6) is -4.23. The summed E-state index contributed by atoms with van der Waals surface area (Å²) >= 11 is 16.2. The zero-order valence-corrected chi connectivity index (χ0v) is 28.7. The van der Waals surface area contributed by atoms with E-state index in [9.17, 15) is 28.8 Å². The minimum absolute atomic E-state index is 0.352. The zero-order chi connectivity index (χ0) is 33.9. The molecule has 0 bridgehead atoms. The third-order valence-electron chi connectivity index (χ3n) is 5.80. The van der Waals surface area contributed by atoms with Crippen molar-refractivity contribution in [1.29, 1.82) is 0 Å². The Morgan fingerprint density at radius 1 is 0.956 bits per heavy atom. The molecular weight excluding hydrogens is 732 g/mol. The zero-order valence-electron chi connectivity index (χ0n) is 24.7. The Bertz CT molecular complexity index is 1230. The van der Waals surface area contributed by atoms with Crippen LogP contribution in [-0.4, -0.2) is 110 Å². The van der Waals surface area contributed by atoms with Gasteiger partial charge in [-0.2, -0.15) is 0 Å². The second kappa shape index (κ2) is 17.2. The van der Waals surface area contributed by atoms with Gasteiger partial charge in [-0.1, -0.05) is 0 Å². The predicted octanol–water partition coefficient (Wildman–Crippen LogP) is 1.50. The molecule has 1 saturated heterocycles. The summed E-state index contributed by atoms with van der Waals surface area (Å²) in [6, 6.07) is 7.22. The number of halogens is 3. The number of nitrogens with one attached hydrogen (secondary N) is 1. The van der Waals surface area contributed by atoms with Crippen LogP contribution in [-0.2, 0) is 57.1 Å². The summed E-state index contributed by atoms with van der Waals surface area (Å²) in [4.78, 5) is 75.0. The maximum absolute atomic E-state index is 13.5. The molecule has 0 aliphatic carbocycles. The Morgan fingerprint density at radius 2 is 1.58 bits per heavy atom. The Morgan fingerprint density at radius 3 is 2.09 bits per heavy atom. The van der Waals surface area contributed by atoms with E-state index in [0.717, 1.165) is 34.8 Å². The number of carbonyl (C=O) groups excluding carboxylic acids is 6. The average molecular weight is 764 g/mol. The van der Waals surface area contributed by atoms with Crippen molar-refractivity contribution in [3.05, 3.63) is 30.3 Å². The number of hydrogen-bond donors (Lipinski definition) is 1. The standard InChI is InChI=1S/C27H32Cl3NO13Se/c1-14(32)39-12-20(42-16(3)34)22(43-17(4)35)23-21(31-25(37)40-13-27(28,29)30)19(41-15(2)33)11-26(44-23,24(36)38-5)45-18-9-7-6-8-10-18/h6-10,19-23H,11-13H2,1-5H3,(H,31,37)/t19-,20+,21+,22+,23+,26-/m0/s1. The van der Waals surface area contributed by atoms with Gasteiger partial charge in [0.25, 0.3) is 0 Å². The van der Waals surface area contributed by atoms with Gasteiger partial charge >= 0.3 is 281 Å². The molecule has 18 heteroatoms. The SMILES string of the molecule is COC(=O)[C@@]1([Se]c2ccccc2)C[C@H](OC(C)=O)[C@@H](NC(=O)OCC(Cl)(Cl)Cl)[C@H]([C@H](OC(C)=O)[C@@H](COC(C)=O)OC(C)=O)O1. The van der Waals surface area contributed by atoms with Gasteiger partial charge in [0.1, 0.15) is 0 Å². The van der Waals surface area contributed by atoms with Gasteiger partial charge in [0, 0.05) is 0 Å². The molecule has 1 aromatic rings. The van der Waals surface area contributed by atoms with E-state index in [0.29, 0.717) is 4.46 Å². The molecule has 45 heavy (non-hydrogen) atoms. The van der Waals surface area contributed by atoms with Crippen molar-refractivity contribution in [2.45, 2.75) is 72.9 Å². The van der Waals surface area contributed by atoms with Crippen molar-refractivity contribution >= 4 is 90.2 Å². The molecule has 0 aromatic heterocycles. The molecule has 1 amide bonds. The van der Waals surface area contributed by atoms with Gasteiger partial charge < -0.3 is 0 Å². The van der Waals surface area contributed by atoms with E-state index >= 15 is 0 Å². The monoisotopic (exact) mass is 763 g/mol.